The fraction of sp³-hybridized carbons (Fsp3) is 0.533. The van der Waals surface area contributed by atoms with Crippen molar-refractivity contribution in [2.75, 3.05) is 27.4 Å². The predicted molar refractivity (Wildman–Crippen MR) is 140 cm³/mol. The molecule has 0 aromatic heterocycles. The Morgan fingerprint density at radius 2 is 1.68 bits per heavy atom. The Kier molecular flexibility index (Phi) is 6.14. The monoisotopic (exact) mass is 523 g/mol. The predicted octanol–water partition coefficient (Wildman–Crippen LogP) is 5.30. The number of halogens is 1. The van der Waals surface area contributed by atoms with Crippen LogP contribution in [0.2, 0.25) is 0 Å². The maximum Gasteiger partial charge on any atom is 0.312 e. The van der Waals surface area contributed by atoms with Gasteiger partial charge in [0.1, 0.15) is 0 Å². The van der Waals surface area contributed by atoms with Gasteiger partial charge in [0.15, 0.2) is 18.1 Å². The molecular formula is C30H34ClNO5. The smallest absolute Gasteiger partial charge is 0.312 e. The quantitative estimate of drug-likeness (QED) is 0.380. The number of hydrogen-bond donors (Lipinski definition) is 0. The molecule has 1 heterocycles. The largest absolute Gasteiger partial charge is 0.493 e. The van der Waals surface area contributed by atoms with Gasteiger partial charge in [-0.15, -0.1) is 11.6 Å². The molecule has 196 valence electrons. The summed E-state index contributed by atoms with van der Waals surface area (Å²) in [7, 11) is 3.24. The minimum absolute atomic E-state index is 0.187. The number of methoxy groups -OCH3 is 2. The van der Waals surface area contributed by atoms with Gasteiger partial charge in [-0.25, -0.2) is 0 Å². The fourth-order valence-electron chi connectivity index (χ4n) is 7.96. The van der Waals surface area contributed by atoms with Crippen LogP contribution in [0, 0.1) is 17.3 Å². The van der Waals surface area contributed by atoms with Crippen molar-refractivity contribution in [3.8, 4) is 11.5 Å². The Hall–Kier alpha value is -2.73. The zero-order chi connectivity index (χ0) is 25.8. The van der Waals surface area contributed by atoms with Crippen molar-refractivity contribution in [3.63, 3.8) is 0 Å². The Morgan fingerprint density at radius 1 is 1.00 bits per heavy atom. The van der Waals surface area contributed by atoms with Gasteiger partial charge in [0, 0.05) is 11.4 Å². The molecule has 3 atom stereocenters. The van der Waals surface area contributed by atoms with Crippen LogP contribution in [0.3, 0.4) is 0 Å². The average Bonchev–Trinajstić information content (AvgIpc) is 2.89. The van der Waals surface area contributed by atoms with Crippen LogP contribution < -0.4 is 9.47 Å². The minimum Gasteiger partial charge on any atom is -0.493 e. The molecule has 0 saturated heterocycles. The van der Waals surface area contributed by atoms with Crippen LogP contribution in [0.5, 0.6) is 11.5 Å². The highest BCUT2D eigenvalue weighted by Crippen LogP contribution is 2.64. The summed E-state index contributed by atoms with van der Waals surface area (Å²) in [5.41, 5.74) is 2.59. The van der Waals surface area contributed by atoms with Gasteiger partial charge in [-0.3, -0.25) is 9.59 Å². The van der Waals surface area contributed by atoms with Crippen LogP contribution in [0.25, 0.3) is 0 Å². The number of benzene rings is 2. The molecule has 2 aromatic carbocycles. The van der Waals surface area contributed by atoms with Gasteiger partial charge in [0.2, 0.25) is 0 Å². The standard InChI is InChI=1S/C30H34ClNO5/c1-35-24-11-22-8-9-32(27(21-6-4-3-5-7-21)23(22)12-25(24)36-2)26(33)17-37-28(34)29-13-19-10-20(14-29)16-30(31,15-19)18-29/h3-7,11-12,19-20,27H,8-10,13-18H2,1-2H3/t19-,20-,27+,29?,30?/m1/s1. The maximum absolute atomic E-state index is 13.6. The van der Waals surface area contributed by atoms with E-state index < -0.39 is 5.41 Å². The lowest BCUT2D eigenvalue weighted by Gasteiger charge is -2.58. The van der Waals surface area contributed by atoms with Crippen molar-refractivity contribution in [2.45, 2.75) is 55.9 Å². The molecule has 6 nitrogen and oxygen atoms in total. The zero-order valence-corrected chi connectivity index (χ0v) is 22.3. The van der Waals surface area contributed by atoms with E-state index in [0.29, 0.717) is 42.7 Å². The molecule has 0 radical (unpaired) electrons. The number of amides is 1. The molecule has 1 amide bonds. The number of ether oxygens (including phenoxy) is 3. The third-order valence-electron chi connectivity index (χ3n) is 9.06. The number of hydrogen-bond acceptors (Lipinski definition) is 5. The Labute approximate surface area is 223 Å². The van der Waals surface area contributed by atoms with Crippen molar-refractivity contribution < 1.29 is 23.8 Å². The van der Waals surface area contributed by atoms with Crippen molar-refractivity contribution in [3.05, 3.63) is 59.2 Å². The van der Waals surface area contributed by atoms with Crippen LogP contribution in [0.4, 0.5) is 0 Å². The topological polar surface area (TPSA) is 65.1 Å². The molecule has 2 aromatic rings. The number of esters is 1. The van der Waals surface area contributed by atoms with Gasteiger partial charge in [0.25, 0.3) is 5.91 Å². The third-order valence-corrected chi connectivity index (χ3v) is 9.50. The van der Waals surface area contributed by atoms with Crippen LogP contribution >= 0.6 is 11.6 Å². The average molecular weight is 524 g/mol. The molecule has 4 bridgehead atoms. The number of alkyl halides is 1. The number of nitrogens with zero attached hydrogens (tertiary/aromatic N) is 1. The van der Waals surface area contributed by atoms with E-state index in [-0.39, 0.29) is 29.4 Å². The van der Waals surface area contributed by atoms with Crippen molar-refractivity contribution in [2.24, 2.45) is 17.3 Å². The first-order chi connectivity index (χ1) is 17.8. The number of carbonyl (C=O) groups is 2. The van der Waals surface area contributed by atoms with E-state index in [1.165, 1.54) is 6.42 Å². The molecule has 0 unspecified atom stereocenters. The summed E-state index contributed by atoms with van der Waals surface area (Å²) in [6.45, 7) is 0.273. The second kappa shape index (κ2) is 9.23. The molecule has 5 aliphatic rings. The Balaban J connectivity index is 1.24. The lowest BCUT2D eigenvalue weighted by Crippen LogP contribution is -2.56. The first-order valence-electron chi connectivity index (χ1n) is 13.3. The molecule has 0 spiro atoms. The highest BCUT2D eigenvalue weighted by Gasteiger charge is 2.61. The minimum atomic E-state index is -0.524. The molecule has 0 N–H and O–H groups in total. The molecule has 4 aliphatic carbocycles. The van der Waals surface area contributed by atoms with Crippen molar-refractivity contribution in [1.82, 2.24) is 4.90 Å². The molecule has 1 aliphatic heterocycles. The Bertz CT molecular complexity index is 1200. The van der Waals surface area contributed by atoms with E-state index in [9.17, 15) is 9.59 Å². The van der Waals surface area contributed by atoms with Crippen LogP contribution in [0.1, 0.15) is 61.3 Å². The molecule has 4 fully saturated rings. The van der Waals surface area contributed by atoms with E-state index in [0.717, 1.165) is 42.4 Å². The summed E-state index contributed by atoms with van der Waals surface area (Å²) in [4.78, 5) is 28.6. The molecule has 37 heavy (non-hydrogen) atoms. The van der Waals surface area contributed by atoms with Gasteiger partial charge in [-0.1, -0.05) is 30.3 Å². The lowest BCUT2D eigenvalue weighted by molar-refractivity contribution is -0.173. The van der Waals surface area contributed by atoms with E-state index >= 15 is 0 Å². The van der Waals surface area contributed by atoms with E-state index in [1.54, 1.807) is 14.2 Å². The van der Waals surface area contributed by atoms with Gasteiger partial charge in [-0.05, 0) is 85.6 Å². The summed E-state index contributed by atoms with van der Waals surface area (Å²) < 4.78 is 16.9. The van der Waals surface area contributed by atoms with Crippen molar-refractivity contribution in [1.29, 1.82) is 0 Å². The second-order valence-corrected chi connectivity index (χ2v) is 12.3. The molecule has 7 heteroatoms. The van der Waals surface area contributed by atoms with Gasteiger partial charge < -0.3 is 19.1 Å². The van der Waals surface area contributed by atoms with E-state index in [4.69, 9.17) is 25.8 Å². The molecule has 7 rings (SSSR count). The Morgan fingerprint density at radius 3 is 2.32 bits per heavy atom. The highest BCUT2D eigenvalue weighted by molar-refractivity contribution is 6.24. The lowest BCUT2D eigenvalue weighted by atomic mass is 9.49. The van der Waals surface area contributed by atoms with Crippen molar-refractivity contribution >= 4 is 23.5 Å². The molecular weight excluding hydrogens is 490 g/mol. The number of carbonyl (C=O) groups excluding carboxylic acids is 2. The SMILES string of the molecule is COc1cc2c(cc1OC)[C@H](c1ccccc1)N(C(=O)COC(=O)C13C[C@H]4C[C@@H](CC(Cl)(C4)C1)C3)CC2. The number of rotatable bonds is 6. The number of fused-ring (bicyclic) bond motifs is 1. The fourth-order valence-corrected chi connectivity index (χ4v) is 8.65. The first kappa shape index (κ1) is 24.6. The van der Waals surface area contributed by atoms with Crippen LogP contribution in [0.15, 0.2) is 42.5 Å². The third kappa shape index (κ3) is 4.27. The van der Waals surface area contributed by atoms with E-state index in [2.05, 4.69) is 0 Å². The van der Waals surface area contributed by atoms with E-state index in [1.807, 2.05) is 47.4 Å². The normalized spacial score (nSPS) is 31.5. The van der Waals surface area contributed by atoms with Crippen LogP contribution in [-0.2, 0) is 20.7 Å². The zero-order valence-electron chi connectivity index (χ0n) is 21.5. The highest BCUT2D eigenvalue weighted by atomic mass is 35.5. The summed E-state index contributed by atoms with van der Waals surface area (Å²) in [6, 6.07) is 13.6. The summed E-state index contributed by atoms with van der Waals surface area (Å²) in [5.74, 6) is 1.87. The van der Waals surface area contributed by atoms with Crippen LogP contribution in [-0.4, -0.2) is 49.0 Å². The van der Waals surface area contributed by atoms with Gasteiger partial charge in [0.05, 0.1) is 25.7 Å². The first-order valence-corrected chi connectivity index (χ1v) is 13.7. The van der Waals surface area contributed by atoms with Gasteiger partial charge >= 0.3 is 5.97 Å². The molecule has 4 saturated carbocycles. The summed E-state index contributed by atoms with van der Waals surface area (Å²) in [6.07, 6.45) is 6.21. The second-order valence-electron chi connectivity index (χ2n) is 11.5. The summed E-state index contributed by atoms with van der Waals surface area (Å²) >= 11 is 6.93. The summed E-state index contributed by atoms with van der Waals surface area (Å²) in [5, 5.41) is 0. The van der Waals surface area contributed by atoms with Gasteiger partial charge in [-0.2, -0.15) is 0 Å². The maximum atomic E-state index is 13.6.